The molecular formula is C16H14O5. The summed E-state index contributed by atoms with van der Waals surface area (Å²) in [5.41, 5.74) is 0.657. The fourth-order valence-corrected chi connectivity index (χ4v) is 1.88. The van der Waals surface area contributed by atoms with Gasteiger partial charge in [-0.05, 0) is 24.3 Å². The summed E-state index contributed by atoms with van der Waals surface area (Å²) in [6, 6.07) is 11.6. The molecule has 0 aliphatic carbocycles. The van der Waals surface area contributed by atoms with Gasteiger partial charge in [-0.25, -0.2) is 4.79 Å². The Morgan fingerprint density at radius 3 is 2.38 bits per heavy atom. The molecule has 0 aliphatic heterocycles. The number of aldehydes is 1. The summed E-state index contributed by atoms with van der Waals surface area (Å²) in [6.07, 6.45) is 0.678. The monoisotopic (exact) mass is 286 g/mol. The molecule has 0 N–H and O–H groups in total. The van der Waals surface area contributed by atoms with Crippen LogP contribution < -0.4 is 9.47 Å². The smallest absolute Gasteiger partial charge is 0.341 e. The van der Waals surface area contributed by atoms with E-state index in [-0.39, 0.29) is 0 Å². The molecule has 5 heteroatoms. The van der Waals surface area contributed by atoms with Crippen molar-refractivity contribution in [2.75, 3.05) is 14.2 Å². The first-order valence-electron chi connectivity index (χ1n) is 6.18. The van der Waals surface area contributed by atoms with E-state index >= 15 is 0 Å². The largest absolute Gasteiger partial charge is 0.492 e. The van der Waals surface area contributed by atoms with E-state index in [9.17, 15) is 9.59 Å². The molecule has 0 unspecified atom stereocenters. The molecular weight excluding hydrogens is 272 g/mol. The van der Waals surface area contributed by atoms with Crippen LogP contribution in [0.5, 0.6) is 17.2 Å². The summed E-state index contributed by atoms with van der Waals surface area (Å²) in [5, 5.41) is 0. The average Bonchev–Trinajstić information content (AvgIpc) is 2.54. The Kier molecular flexibility index (Phi) is 4.56. The van der Waals surface area contributed by atoms with Crippen LogP contribution in [-0.4, -0.2) is 26.5 Å². The van der Waals surface area contributed by atoms with Crippen LogP contribution in [0.25, 0.3) is 0 Å². The highest BCUT2D eigenvalue weighted by molar-refractivity contribution is 5.92. The van der Waals surface area contributed by atoms with Crippen LogP contribution in [0.15, 0.2) is 42.5 Å². The van der Waals surface area contributed by atoms with Gasteiger partial charge in [0, 0.05) is 0 Å². The van der Waals surface area contributed by atoms with Crippen molar-refractivity contribution in [2.24, 2.45) is 0 Å². The predicted molar refractivity (Wildman–Crippen MR) is 76.2 cm³/mol. The minimum absolute atomic E-state index is 0.290. The lowest BCUT2D eigenvalue weighted by Gasteiger charge is -2.13. The minimum atomic E-state index is -0.504. The van der Waals surface area contributed by atoms with Gasteiger partial charge in [-0.1, -0.05) is 18.2 Å². The van der Waals surface area contributed by atoms with Crippen molar-refractivity contribution in [1.29, 1.82) is 0 Å². The minimum Gasteiger partial charge on any atom is -0.492 e. The first kappa shape index (κ1) is 14.6. The lowest BCUT2D eigenvalue weighted by molar-refractivity contribution is 0.0597. The maximum absolute atomic E-state index is 11.7. The number of benzene rings is 2. The number of hydrogen-bond acceptors (Lipinski definition) is 5. The second-order valence-electron chi connectivity index (χ2n) is 4.09. The van der Waals surface area contributed by atoms with Crippen molar-refractivity contribution in [1.82, 2.24) is 0 Å². The summed E-state index contributed by atoms with van der Waals surface area (Å²) in [6.45, 7) is 0. The fraction of sp³-hybridized carbons (Fsp3) is 0.125. The molecule has 108 valence electrons. The Bertz CT molecular complexity index is 663. The highest BCUT2D eigenvalue weighted by Gasteiger charge is 2.16. The summed E-state index contributed by atoms with van der Waals surface area (Å²) >= 11 is 0. The van der Waals surface area contributed by atoms with Crippen LogP contribution >= 0.6 is 0 Å². The van der Waals surface area contributed by atoms with Crippen LogP contribution in [0.4, 0.5) is 0 Å². The number of para-hydroxylation sites is 2. The van der Waals surface area contributed by atoms with Gasteiger partial charge in [0.1, 0.15) is 11.3 Å². The molecule has 0 fully saturated rings. The molecule has 0 saturated carbocycles. The first-order valence-corrected chi connectivity index (χ1v) is 6.18. The Morgan fingerprint density at radius 1 is 1.00 bits per heavy atom. The van der Waals surface area contributed by atoms with Gasteiger partial charge in [0.15, 0.2) is 17.8 Å². The molecule has 0 atom stereocenters. The maximum atomic E-state index is 11.7. The number of esters is 1. The number of carbonyl (C=O) groups excluding carboxylic acids is 2. The third kappa shape index (κ3) is 3.02. The van der Waals surface area contributed by atoms with E-state index in [1.807, 2.05) is 0 Å². The molecule has 5 nitrogen and oxygen atoms in total. The van der Waals surface area contributed by atoms with Crippen LogP contribution in [0.3, 0.4) is 0 Å². The number of carbonyl (C=O) groups is 2. The maximum Gasteiger partial charge on any atom is 0.341 e. The molecule has 2 aromatic rings. The van der Waals surface area contributed by atoms with E-state index in [2.05, 4.69) is 0 Å². The number of methoxy groups -OCH3 is 2. The van der Waals surface area contributed by atoms with Crippen molar-refractivity contribution < 1.29 is 23.8 Å². The average molecular weight is 286 g/mol. The molecule has 0 amide bonds. The fourth-order valence-electron chi connectivity index (χ4n) is 1.88. The zero-order valence-electron chi connectivity index (χ0n) is 11.7. The molecule has 2 rings (SSSR count). The van der Waals surface area contributed by atoms with E-state index in [1.54, 1.807) is 42.5 Å². The molecule has 0 saturated heterocycles. The third-order valence-electron chi connectivity index (χ3n) is 2.85. The lowest BCUT2D eigenvalue weighted by atomic mass is 10.2. The Morgan fingerprint density at radius 2 is 1.71 bits per heavy atom. The van der Waals surface area contributed by atoms with Crippen molar-refractivity contribution in [3.8, 4) is 17.2 Å². The zero-order chi connectivity index (χ0) is 15.2. The van der Waals surface area contributed by atoms with Gasteiger partial charge in [0.25, 0.3) is 0 Å². The van der Waals surface area contributed by atoms with Crippen LogP contribution in [0, 0.1) is 0 Å². The second kappa shape index (κ2) is 6.56. The normalized spacial score (nSPS) is 9.81. The number of hydrogen-bond donors (Lipinski definition) is 0. The SMILES string of the molecule is COC(=O)c1ccccc1Oc1cccc(C=O)c1OC. The molecule has 0 radical (unpaired) electrons. The third-order valence-corrected chi connectivity index (χ3v) is 2.85. The Labute approximate surface area is 122 Å². The number of rotatable bonds is 5. The van der Waals surface area contributed by atoms with Crippen LogP contribution in [0.2, 0.25) is 0 Å². The number of ether oxygens (including phenoxy) is 3. The first-order chi connectivity index (χ1) is 10.2. The van der Waals surface area contributed by atoms with Crippen molar-refractivity contribution >= 4 is 12.3 Å². The van der Waals surface area contributed by atoms with Gasteiger partial charge < -0.3 is 14.2 Å². The lowest BCUT2D eigenvalue weighted by Crippen LogP contribution is -2.04. The molecule has 2 aromatic carbocycles. The Balaban J connectivity index is 2.44. The van der Waals surface area contributed by atoms with E-state index in [0.29, 0.717) is 34.7 Å². The summed E-state index contributed by atoms with van der Waals surface area (Å²) in [4.78, 5) is 22.7. The van der Waals surface area contributed by atoms with E-state index in [0.717, 1.165) is 0 Å². The van der Waals surface area contributed by atoms with Gasteiger partial charge in [0.05, 0.1) is 19.8 Å². The van der Waals surface area contributed by atoms with Gasteiger partial charge in [-0.15, -0.1) is 0 Å². The van der Waals surface area contributed by atoms with Gasteiger partial charge in [-0.3, -0.25) is 4.79 Å². The van der Waals surface area contributed by atoms with Crippen LogP contribution in [0.1, 0.15) is 20.7 Å². The Hall–Kier alpha value is -2.82. The van der Waals surface area contributed by atoms with Crippen molar-refractivity contribution in [3.63, 3.8) is 0 Å². The molecule has 21 heavy (non-hydrogen) atoms. The second-order valence-corrected chi connectivity index (χ2v) is 4.09. The topological polar surface area (TPSA) is 61.8 Å². The van der Waals surface area contributed by atoms with Crippen molar-refractivity contribution in [3.05, 3.63) is 53.6 Å². The molecule has 0 aromatic heterocycles. The predicted octanol–water partition coefficient (Wildman–Crippen LogP) is 3.09. The summed E-state index contributed by atoms with van der Waals surface area (Å²) in [5.74, 6) is 0.479. The molecule has 0 aliphatic rings. The van der Waals surface area contributed by atoms with Gasteiger partial charge in [-0.2, -0.15) is 0 Å². The van der Waals surface area contributed by atoms with Gasteiger partial charge >= 0.3 is 5.97 Å². The van der Waals surface area contributed by atoms with E-state index < -0.39 is 5.97 Å². The van der Waals surface area contributed by atoms with E-state index in [1.165, 1.54) is 14.2 Å². The zero-order valence-corrected chi connectivity index (χ0v) is 11.7. The highest BCUT2D eigenvalue weighted by Crippen LogP contribution is 2.35. The van der Waals surface area contributed by atoms with E-state index in [4.69, 9.17) is 14.2 Å². The highest BCUT2D eigenvalue weighted by atomic mass is 16.5. The molecule has 0 bridgehead atoms. The molecule has 0 heterocycles. The van der Waals surface area contributed by atoms with Gasteiger partial charge in [0.2, 0.25) is 0 Å². The van der Waals surface area contributed by atoms with Crippen LogP contribution in [-0.2, 0) is 4.74 Å². The summed E-state index contributed by atoms with van der Waals surface area (Å²) in [7, 11) is 2.74. The summed E-state index contributed by atoms with van der Waals surface area (Å²) < 4.78 is 15.6. The van der Waals surface area contributed by atoms with Crippen molar-refractivity contribution in [2.45, 2.75) is 0 Å². The standard InChI is InChI=1S/C16H14O5/c1-19-15-11(10-17)6-5-9-14(15)21-13-8-4-3-7-12(13)16(18)20-2/h3-10H,1-2H3. The quantitative estimate of drug-likeness (QED) is 0.624. The molecule has 0 spiro atoms.